The van der Waals surface area contributed by atoms with E-state index in [0.29, 0.717) is 0 Å². The van der Waals surface area contributed by atoms with E-state index in [1.807, 2.05) is 13.0 Å². The Morgan fingerprint density at radius 3 is 3.00 bits per heavy atom. The number of hydrogen-bond acceptors (Lipinski definition) is 3. The third kappa shape index (κ3) is 2.08. The minimum Gasteiger partial charge on any atom is -0.302 e. The summed E-state index contributed by atoms with van der Waals surface area (Å²) in [5.74, 6) is 0.945. The lowest BCUT2D eigenvalue weighted by atomic mass is 10.7. The molecule has 1 aromatic heterocycles. The van der Waals surface area contributed by atoms with Gasteiger partial charge in [-0.25, -0.2) is 4.79 Å². The summed E-state index contributed by atoms with van der Waals surface area (Å²) in [7, 11) is 1.69. The Balaban J connectivity index is 2.96. The Bertz CT molecular complexity index is 295. The molecular weight excluding hydrogens is 160 g/mol. The van der Waals surface area contributed by atoms with Gasteiger partial charge in [0.05, 0.1) is 0 Å². The van der Waals surface area contributed by atoms with Gasteiger partial charge in [-0.05, 0) is 11.8 Å². The standard InChI is InChI=1S/C7H10N2OS/c1-3-11-6-4-5-9(2)7(10)8-6/h4-5H,3H2,1-2H3. The molecule has 60 valence electrons. The van der Waals surface area contributed by atoms with E-state index in [9.17, 15) is 4.79 Å². The SMILES string of the molecule is CCSc1ccn(C)c(=O)n1. The molecule has 1 aromatic rings. The third-order valence-electron chi connectivity index (χ3n) is 1.24. The van der Waals surface area contributed by atoms with Crippen molar-refractivity contribution in [3.8, 4) is 0 Å². The highest BCUT2D eigenvalue weighted by Gasteiger charge is 1.94. The van der Waals surface area contributed by atoms with Crippen LogP contribution in [-0.2, 0) is 7.05 Å². The van der Waals surface area contributed by atoms with Crippen molar-refractivity contribution in [1.82, 2.24) is 9.55 Å². The van der Waals surface area contributed by atoms with Crippen LogP contribution >= 0.6 is 11.8 Å². The summed E-state index contributed by atoms with van der Waals surface area (Å²) in [6, 6.07) is 1.84. The van der Waals surface area contributed by atoms with Crippen LogP contribution in [0.25, 0.3) is 0 Å². The zero-order valence-electron chi connectivity index (χ0n) is 6.57. The monoisotopic (exact) mass is 170 g/mol. The molecule has 0 aromatic carbocycles. The molecule has 0 fully saturated rings. The zero-order valence-corrected chi connectivity index (χ0v) is 7.39. The lowest BCUT2D eigenvalue weighted by Crippen LogP contribution is -2.18. The average molecular weight is 170 g/mol. The lowest BCUT2D eigenvalue weighted by Gasteiger charge is -1.97. The maximum atomic E-state index is 11.0. The van der Waals surface area contributed by atoms with Crippen LogP contribution in [0.2, 0.25) is 0 Å². The number of nitrogens with zero attached hydrogens (tertiary/aromatic N) is 2. The molecule has 1 heterocycles. The maximum Gasteiger partial charge on any atom is 0.348 e. The van der Waals surface area contributed by atoms with Crippen LogP contribution in [0.4, 0.5) is 0 Å². The smallest absolute Gasteiger partial charge is 0.302 e. The molecule has 0 atom stereocenters. The van der Waals surface area contributed by atoms with Gasteiger partial charge in [-0.3, -0.25) is 0 Å². The number of hydrogen-bond donors (Lipinski definition) is 0. The van der Waals surface area contributed by atoms with Crippen molar-refractivity contribution in [2.45, 2.75) is 11.9 Å². The normalized spacial score (nSPS) is 10.0. The second-order valence-corrected chi connectivity index (χ2v) is 3.38. The molecule has 0 aliphatic heterocycles. The molecule has 0 saturated carbocycles. The van der Waals surface area contributed by atoms with Gasteiger partial charge in [0.15, 0.2) is 0 Å². The molecule has 0 aliphatic carbocycles. The Morgan fingerprint density at radius 2 is 2.45 bits per heavy atom. The van der Waals surface area contributed by atoms with Gasteiger partial charge < -0.3 is 4.57 Å². The molecular formula is C7H10N2OS. The second kappa shape index (κ2) is 3.57. The zero-order chi connectivity index (χ0) is 8.27. The second-order valence-electron chi connectivity index (χ2n) is 2.09. The minimum atomic E-state index is -0.191. The summed E-state index contributed by atoms with van der Waals surface area (Å²) >= 11 is 1.57. The summed E-state index contributed by atoms with van der Waals surface area (Å²) in [5, 5.41) is 0.801. The maximum absolute atomic E-state index is 11.0. The van der Waals surface area contributed by atoms with E-state index in [2.05, 4.69) is 4.98 Å². The first-order valence-corrected chi connectivity index (χ1v) is 4.39. The predicted octanol–water partition coefficient (Wildman–Crippen LogP) is 0.892. The fourth-order valence-electron chi connectivity index (χ4n) is 0.678. The van der Waals surface area contributed by atoms with E-state index >= 15 is 0 Å². The minimum absolute atomic E-state index is 0.191. The quantitative estimate of drug-likeness (QED) is 0.488. The van der Waals surface area contributed by atoms with Crippen LogP contribution in [0.15, 0.2) is 22.1 Å². The molecule has 11 heavy (non-hydrogen) atoms. The van der Waals surface area contributed by atoms with E-state index in [0.717, 1.165) is 10.8 Å². The van der Waals surface area contributed by atoms with Crippen LogP contribution in [0.5, 0.6) is 0 Å². The van der Waals surface area contributed by atoms with Gasteiger partial charge in [-0.1, -0.05) is 6.92 Å². The van der Waals surface area contributed by atoms with Crippen LogP contribution in [0.3, 0.4) is 0 Å². The molecule has 0 amide bonds. The average Bonchev–Trinajstić information content (AvgIpc) is 1.98. The summed E-state index contributed by atoms with van der Waals surface area (Å²) in [5.41, 5.74) is -0.191. The van der Waals surface area contributed by atoms with E-state index in [4.69, 9.17) is 0 Å². The Kier molecular flexibility index (Phi) is 2.70. The van der Waals surface area contributed by atoms with Gasteiger partial charge in [0.1, 0.15) is 5.03 Å². The summed E-state index contributed by atoms with van der Waals surface area (Å²) in [6.07, 6.45) is 1.73. The van der Waals surface area contributed by atoms with Gasteiger partial charge in [-0.15, -0.1) is 11.8 Å². The van der Waals surface area contributed by atoms with Crippen molar-refractivity contribution in [1.29, 1.82) is 0 Å². The molecule has 0 aliphatic rings. The number of thioether (sulfide) groups is 1. The van der Waals surface area contributed by atoms with E-state index in [-0.39, 0.29) is 5.69 Å². The fraction of sp³-hybridized carbons (Fsp3) is 0.429. The van der Waals surface area contributed by atoms with Crippen molar-refractivity contribution in [2.24, 2.45) is 7.05 Å². The van der Waals surface area contributed by atoms with Crippen molar-refractivity contribution in [2.75, 3.05) is 5.75 Å². The topological polar surface area (TPSA) is 34.9 Å². The molecule has 1 rings (SSSR count). The first-order valence-electron chi connectivity index (χ1n) is 3.40. The third-order valence-corrected chi connectivity index (χ3v) is 2.05. The van der Waals surface area contributed by atoms with Crippen LogP contribution in [-0.4, -0.2) is 15.3 Å². The van der Waals surface area contributed by atoms with Crippen molar-refractivity contribution < 1.29 is 0 Å². The van der Waals surface area contributed by atoms with Crippen LogP contribution < -0.4 is 5.69 Å². The number of rotatable bonds is 2. The number of aromatic nitrogens is 2. The summed E-state index contributed by atoms with van der Waals surface area (Å²) in [6.45, 7) is 2.03. The fourth-order valence-corrected chi connectivity index (χ4v) is 1.27. The van der Waals surface area contributed by atoms with Crippen LogP contribution in [0.1, 0.15) is 6.92 Å². The number of aryl methyl sites for hydroxylation is 1. The summed E-state index contributed by atoms with van der Waals surface area (Å²) < 4.78 is 1.46. The largest absolute Gasteiger partial charge is 0.348 e. The van der Waals surface area contributed by atoms with Crippen molar-refractivity contribution in [3.63, 3.8) is 0 Å². The Hall–Kier alpha value is -0.770. The van der Waals surface area contributed by atoms with E-state index < -0.39 is 0 Å². The van der Waals surface area contributed by atoms with Crippen LogP contribution in [0, 0.1) is 0 Å². The molecule has 0 bridgehead atoms. The molecule has 4 heteroatoms. The highest BCUT2D eigenvalue weighted by atomic mass is 32.2. The molecule has 0 unspecified atom stereocenters. The van der Waals surface area contributed by atoms with E-state index in [1.165, 1.54) is 4.57 Å². The first kappa shape index (κ1) is 8.33. The van der Waals surface area contributed by atoms with Gasteiger partial charge >= 0.3 is 5.69 Å². The molecule has 0 radical (unpaired) electrons. The first-order chi connectivity index (χ1) is 5.24. The molecule has 0 spiro atoms. The van der Waals surface area contributed by atoms with Gasteiger partial charge in [0, 0.05) is 13.2 Å². The van der Waals surface area contributed by atoms with Gasteiger partial charge in [0.25, 0.3) is 0 Å². The highest BCUT2D eigenvalue weighted by molar-refractivity contribution is 7.99. The van der Waals surface area contributed by atoms with Gasteiger partial charge in [0.2, 0.25) is 0 Å². The van der Waals surface area contributed by atoms with Crippen molar-refractivity contribution >= 4 is 11.8 Å². The lowest BCUT2D eigenvalue weighted by molar-refractivity contribution is 0.781. The Morgan fingerprint density at radius 1 is 1.73 bits per heavy atom. The predicted molar refractivity (Wildman–Crippen MR) is 45.9 cm³/mol. The molecule has 3 nitrogen and oxygen atoms in total. The highest BCUT2D eigenvalue weighted by Crippen LogP contribution is 2.10. The van der Waals surface area contributed by atoms with Crippen molar-refractivity contribution in [3.05, 3.63) is 22.7 Å². The Labute approximate surface area is 69.5 Å². The van der Waals surface area contributed by atoms with E-state index in [1.54, 1.807) is 25.0 Å². The molecule has 0 saturated heterocycles. The van der Waals surface area contributed by atoms with Gasteiger partial charge in [-0.2, -0.15) is 4.98 Å². The summed E-state index contributed by atoms with van der Waals surface area (Å²) in [4.78, 5) is 14.8. The molecule has 0 N–H and O–H groups in total.